The number of nitrogens with zero attached hydrogens (tertiary/aromatic N) is 2. The molecule has 1 aromatic heterocycles. The van der Waals surface area contributed by atoms with Gasteiger partial charge in [-0.15, -0.1) is 0 Å². The topological polar surface area (TPSA) is 75.9 Å². The summed E-state index contributed by atoms with van der Waals surface area (Å²) >= 11 is 3.41. The highest BCUT2D eigenvalue weighted by Gasteiger charge is 2.12. The van der Waals surface area contributed by atoms with Crippen molar-refractivity contribution in [3.63, 3.8) is 0 Å². The van der Waals surface area contributed by atoms with Crippen molar-refractivity contribution in [2.75, 3.05) is 16.4 Å². The number of hydrogen-bond donors (Lipinski definition) is 3. The lowest BCUT2D eigenvalue weighted by atomic mass is 10.3. The average molecular weight is 392 g/mol. The van der Waals surface area contributed by atoms with Gasteiger partial charge in [-0.3, -0.25) is 0 Å². The molecule has 2 aromatic carbocycles. The van der Waals surface area contributed by atoms with Gasteiger partial charge in [0.2, 0.25) is 0 Å². The van der Waals surface area contributed by atoms with Crippen molar-refractivity contribution in [1.82, 2.24) is 9.97 Å². The van der Waals surface area contributed by atoms with E-state index in [9.17, 15) is 8.78 Å². The Kier molecular flexibility index (Phi) is 4.57. The highest BCUT2D eigenvalue weighted by atomic mass is 79.9. The minimum Gasteiger partial charge on any atom is -0.393 e. The minimum atomic E-state index is -0.616. The molecular weight excluding hydrogens is 380 g/mol. The standard InChI is InChI=1S/C16H12BrF2N5/c17-10-3-1-2-4-12(10)23-15-14(20)16(22-8-21-15)24-13-7-9(18)5-6-11(13)19/h1-8H,20H2,(H2,21,22,23,24). The maximum absolute atomic E-state index is 13.8. The van der Waals surface area contributed by atoms with Crippen LogP contribution in [0.2, 0.25) is 0 Å². The van der Waals surface area contributed by atoms with Crippen molar-refractivity contribution in [3.05, 3.63) is 64.9 Å². The third-order valence-corrected chi connectivity index (χ3v) is 3.88. The van der Waals surface area contributed by atoms with E-state index >= 15 is 0 Å². The van der Waals surface area contributed by atoms with E-state index < -0.39 is 11.6 Å². The Balaban J connectivity index is 1.91. The Labute approximate surface area is 145 Å². The summed E-state index contributed by atoms with van der Waals surface area (Å²) < 4.78 is 27.9. The third-order valence-electron chi connectivity index (χ3n) is 3.19. The van der Waals surface area contributed by atoms with E-state index in [1.165, 1.54) is 6.33 Å². The Morgan fingerprint density at radius 2 is 1.58 bits per heavy atom. The summed E-state index contributed by atoms with van der Waals surface area (Å²) in [7, 11) is 0. The van der Waals surface area contributed by atoms with E-state index in [4.69, 9.17) is 5.73 Å². The molecule has 0 atom stereocenters. The van der Waals surface area contributed by atoms with Gasteiger partial charge >= 0.3 is 0 Å². The molecule has 0 aliphatic rings. The van der Waals surface area contributed by atoms with Gasteiger partial charge in [0, 0.05) is 10.5 Å². The second kappa shape index (κ2) is 6.79. The molecule has 0 unspecified atom stereocenters. The van der Waals surface area contributed by atoms with E-state index in [1.54, 1.807) is 0 Å². The monoisotopic (exact) mass is 391 g/mol. The first-order valence-corrected chi connectivity index (χ1v) is 7.68. The lowest BCUT2D eigenvalue weighted by Gasteiger charge is -2.13. The second-order valence-electron chi connectivity index (χ2n) is 4.84. The van der Waals surface area contributed by atoms with Gasteiger partial charge < -0.3 is 16.4 Å². The SMILES string of the molecule is Nc1c(Nc2cc(F)ccc2F)ncnc1Nc1ccccc1Br. The molecule has 0 aliphatic carbocycles. The molecular formula is C16H12BrF2N5. The lowest BCUT2D eigenvalue weighted by Crippen LogP contribution is -2.06. The maximum atomic E-state index is 13.8. The average Bonchev–Trinajstić information content (AvgIpc) is 2.56. The zero-order valence-corrected chi connectivity index (χ0v) is 13.8. The van der Waals surface area contributed by atoms with Crippen LogP contribution in [-0.2, 0) is 0 Å². The number of anilines is 5. The number of nitrogens with one attached hydrogen (secondary N) is 2. The van der Waals surface area contributed by atoms with Crippen LogP contribution in [-0.4, -0.2) is 9.97 Å². The van der Waals surface area contributed by atoms with Crippen molar-refractivity contribution in [3.8, 4) is 0 Å². The van der Waals surface area contributed by atoms with Crippen molar-refractivity contribution >= 4 is 44.6 Å². The summed E-state index contributed by atoms with van der Waals surface area (Å²) in [6.07, 6.45) is 1.27. The number of benzene rings is 2. The van der Waals surface area contributed by atoms with Gasteiger partial charge in [-0.25, -0.2) is 18.7 Å². The van der Waals surface area contributed by atoms with Gasteiger partial charge in [0.1, 0.15) is 23.6 Å². The van der Waals surface area contributed by atoms with Crippen LogP contribution in [0, 0.1) is 11.6 Å². The van der Waals surface area contributed by atoms with Gasteiger partial charge in [-0.2, -0.15) is 0 Å². The molecule has 3 aromatic rings. The molecule has 5 nitrogen and oxygen atoms in total. The Bertz CT molecular complexity index is 888. The molecule has 3 rings (SSSR count). The highest BCUT2D eigenvalue weighted by molar-refractivity contribution is 9.10. The zero-order valence-electron chi connectivity index (χ0n) is 12.2. The fourth-order valence-corrected chi connectivity index (χ4v) is 2.39. The van der Waals surface area contributed by atoms with Crippen molar-refractivity contribution in [1.29, 1.82) is 0 Å². The van der Waals surface area contributed by atoms with Crippen molar-refractivity contribution in [2.45, 2.75) is 0 Å². The predicted molar refractivity (Wildman–Crippen MR) is 93.5 cm³/mol. The van der Waals surface area contributed by atoms with E-state index in [0.717, 1.165) is 28.4 Å². The maximum Gasteiger partial charge on any atom is 0.159 e. The first kappa shape index (κ1) is 16.1. The zero-order chi connectivity index (χ0) is 17.1. The first-order chi connectivity index (χ1) is 11.5. The number of aromatic nitrogens is 2. The fraction of sp³-hybridized carbons (Fsp3) is 0. The molecule has 0 saturated carbocycles. The molecule has 0 bridgehead atoms. The Morgan fingerprint density at radius 3 is 2.29 bits per heavy atom. The van der Waals surface area contributed by atoms with Crippen LogP contribution in [0.5, 0.6) is 0 Å². The van der Waals surface area contributed by atoms with Gasteiger partial charge in [0.15, 0.2) is 11.6 Å². The van der Waals surface area contributed by atoms with Crippen LogP contribution < -0.4 is 16.4 Å². The molecule has 0 fully saturated rings. The lowest BCUT2D eigenvalue weighted by molar-refractivity contribution is 0.603. The molecule has 1 heterocycles. The summed E-state index contributed by atoms with van der Waals surface area (Å²) in [5.74, 6) is -0.673. The summed E-state index contributed by atoms with van der Waals surface area (Å²) in [4.78, 5) is 8.06. The minimum absolute atomic E-state index is 0.0627. The van der Waals surface area contributed by atoms with Crippen LogP contribution in [0.1, 0.15) is 0 Å². The van der Waals surface area contributed by atoms with Crippen molar-refractivity contribution in [2.24, 2.45) is 0 Å². The van der Waals surface area contributed by atoms with Crippen LogP contribution >= 0.6 is 15.9 Å². The fourth-order valence-electron chi connectivity index (χ4n) is 2.01. The number of rotatable bonds is 4. The molecule has 0 radical (unpaired) electrons. The normalized spacial score (nSPS) is 10.5. The predicted octanol–water partition coefficient (Wildman–Crippen LogP) is 4.59. The molecule has 122 valence electrons. The number of para-hydroxylation sites is 1. The molecule has 24 heavy (non-hydrogen) atoms. The smallest absolute Gasteiger partial charge is 0.159 e. The van der Waals surface area contributed by atoms with E-state index in [2.05, 4.69) is 36.5 Å². The third kappa shape index (κ3) is 3.43. The van der Waals surface area contributed by atoms with Crippen molar-refractivity contribution < 1.29 is 8.78 Å². The van der Waals surface area contributed by atoms with Crippen LogP contribution in [0.4, 0.5) is 37.5 Å². The summed E-state index contributed by atoms with van der Waals surface area (Å²) in [5.41, 5.74) is 6.91. The summed E-state index contributed by atoms with van der Waals surface area (Å²) in [6.45, 7) is 0. The van der Waals surface area contributed by atoms with E-state index in [1.807, 2.05) is 24.3 Å². The van der Waals surface area contributed by atoms with Crippen LogP contribution in [0.3, 0.4) is 0 Å². The van der Waals surface area contributed by atoms with Gasteiger partial charge in [0.25, 0.3) is 0 Å². The number of hydrogen-bond acceptors (Lipinski definition) is 5. The number of nitrogens with two attached hydrogens (primary N) is 1. The number of halogens is 3. The molecule has 0 spiro atoms. The Hall–Kier alpha value is -2.74. The van der Waals surface area contributed by atoms with Crippen LogP contribution in [0.25, 0.3) is 0 Å². The van der Waals surface area contributed by atoms with Crippen LogP contribution in [0.15, 0.2) is 53.3 Å². The summed E-state index contributed by atoms with van der Waals surface area (Å²) in [6, 6.07) is 10.5. The quantitative estimate of drug-likeness (QED) is 0.606. The second-order valence-corrected chi connectivity index (χ2v) is 5.69. The Morgan fingerprint density at radius 1 is 0.917 bits per heavy atom. The molecule has 4 N–H and O–H groups in total. The van der Waals surface area contributed by atoms with E-state index in [0.29, 0.717) is 5.82 Å². The molecule has 8 heteroatoms. The van der Waals surface area contributed by atoms with Gasteiger partial charge in [0.05, 0.1) is 11.4 Å². The first-order valence-electron chi connectivity index (χ1n) is 6.88. The molecule has 0 saturated heterocycles. The van der Waals surface area contributed by atoms with E-state index in [-0.39, 0.29) is 17.2 Å². The summed E-state index contributed by atoms with van der Waals surface area (Å²) in [5, 5.41) is 5.74. The molecule has 0 amide bonds. The van der Waals surface area contributed by atoms with Gasteiger partial charge in [-0.05, 0) is 40.2 Å². The van der Waals surface area contributed by atoms with Gasteiger partial charge in [-0.1, -0.05) is 12.1 Å². The highest BCUT2D eigenvalue weighted by Crippen LogP contribution is 2.31. The largest absolute Gasteiger partial charge is 0.393 e. The molecule has 0 aliphatic heterocycles. The number of nitrogen functional groups attached to an aromatic ring is 1.